The van der Waals surface area contributed by atoms with Crippen LogP contribution in [0, 0.1) is 0 Å². The minimum absolute atomic E-state index is 0.0603. The molecule has 1 fully saturated rings. The van der Waals surface area contributed by atoms with Gasteiger partial charge in [0.25, 0.3) is 0 Å². The van der Waals surface area contributed by atoms with Gasteiger partial charge < -0.3 is 20.2 Å². The SMILES string of the molecule is CC(N)c1nnc(N(C)C2CCCCC2O)o1. The molecule has 0 saturated heterocycles. The molecule has 1 aliphatic rings. The number of aliphatic hydroxyl groups is 1. The number of nitrogens with zero attached hydrogens (tertiary/aromatic N) is 3. The first-order chi connectivity index (χ1) is 8.09. The minimum Gasteiger partial charge on any atom is -0.406 e. The summed E-state index contributed by atoms with van der Waals surface area (Å²) in [5.74, 6) is 0.428. The number of aromatic nitrogens is 2. The van der Waals surface area contributed by atoms with Crippen molar-refractivity contribution in [2.75, 3.05) is 11.9 Å². The first kappa shape index (κ1) is 12.3. The highest BCUT2D eigenvalue weighted by Gasteiger charge is 2.29. The number of anilines is 1. The summed E-state index contributed by atoms with van der Waals surface area (Å²) in [4.78, 5) is 1.86. The molecule has 96 valence electrons. The zero-order valence-corrected chi connectivity index (χ0v) is 10.3. The van der Waals surface area contributed by atoms with Gasteiger partial charge in [0.1, 0.15) is 0 Å². The molecule has 17 heavy (non-hydrogen) atoms. The van der Waals surface area contributed by atoms with Gasteiger partial charge in [-0.15, -0.1) is 5.10 Å². The topological polar surface area (TPSA) is 88.4 Å². The van der Waals surface area contributed by atoms with E-state index in [-0.39, 0.29) is 18.2 Å². The predicted molar refractivity (Wildman–Crippen MR) is 63.6 cm³/mol. The highest BCUT2D eigenvalue weighted by atomic mass is 16.4. The summed E-state index contributed by atoms with van der Waals surface area (Å²) in [6.07, 6.45) is 3.68. The Hall–Kier alpha value is -1.14. The van der Waals surface area contributed by atoms with Crippen LogP contribution < -0.4 is 10.6 Å². The van der Waals surface area contributed by atoms with Crippen LogP contribution in [-0.4, -0.2) is 34.5 Å². The van der Waals surface area contributed by atoms with E-state index in [1.54, 1.807) is 6.92 Å². The molecule has 0 bridgehead atoms. The molecule has 3 atom stereocenters. The first-order valence-corrected chi connectivity index (χ1v) is 6.09. The Morgan fingerprint density at radius 2 is 2.12 bits per heavy atom. The lowest BCUT2D eigenvalue weighted by Crippen LogP contribution is -2.43. The maximum Gasteiger partial charge on any atom is 0.318 e. The van der Waals surface area contributed by atoms with Gasteiger partial charge in [0, 0.05) is 7.05 Å². The van der Waals surface area contributed by atoms with Crippen LogP contribution in [-0.2, 0) is 0 Å². The van der Waals surface area contributed by atoms with E-state index in [1.165, 1.54) is 0 Å². The Morgan fingerprint density at radius 3 is 2.71 bits per heavy atom. The van der Waals surface area contributed by atoms with E-state index >= 15 is 0 Å². The summed E-state index contributed by atoms with van der Waals surface area (Å²) in [7, 11) is 1.87. The average Bonchev–Trinajstić information content (AvgIpc) is 2.78. The van der Waals surface area contributed by atoms with E-state index in [1.807, 2.05) is 11.9 Å². The molecule has 1 aliphatic carbocycles. The number of aliphatic hydroxyl groups excluding tert-OH is 1. The molecule has 1 aromatic rings. The van der Waals surface area contributed by atoms with Gasteiger partial charge in [-0.25, -0.2) is 0 Å². The van der Waals surface area contributed by atoms with Gasteiger partial charge in [-0.1, -0.05) is 17.9 Å². The van der Waals surface area contributed by atoms with Gasteiger partial charge in [0.05, 0.1) is 18.2 Å². The maximum absolute atomic E-state index is 9.96. The van der Waals surface area contributed by atoms with E-state index in [4.69, 9.17) is 10.2 Å². The molecule has 1 saturated carbocycles. The Labute approximate surface area is 101 Å². The third kappa shape index (κ3) is 2.58. The van der Waals surface area contributed by atoms with Crippen LogP contribution in [0.25, 0.3) is 0 Å². The maximum atomic E-state index is 9.96. The zero-order valence-electron chi connectivity index (χ0n) is 10.3. The summed E-state index contributed by atoms with van der Waals surface area (Å²) in [5, 5.41) is 17.8. The van der Waals surface area contributed by atoms with Gasteiger partial charge in [-0.2, -0.15) is 0 Å². The smallest absolute Gasteiger partial charge is 0.318 e. The Morgan fingerprint density at radius 1 is 1.41 bits per heavy atom. The standard InChI is InChI=1S/C11H20N4O2/c1-7(12)10-13-14-11(17-10)15(2)8-5-3-4-6-9(8)16/h7-9,16H,3-6,12H2,1-2H3. The highest BCUT2D eigenvalue weighted by molar-refractivity contribution is 5.26. The molecule has 1 heterocycles. The number of hydrogen-bond acceptors (Lipinski definition) is 6. The number of nitrogens with two attached hydrogens (primary N) is 1. The van der Waals surface area contributed by atoms with Crippen LogP contribution in [0.1, 0.15) is 44.5 Å². The van der Waals surface area contributed by atoms with Gasteiger partial charge in [-0.05, 0) is 19.8 Å². The predicted octanol–water partition coefficient (Wildman–Crippen LogP) is 0.829. The number of likely N-dealkylation sites (N-methyl/N-ethyl adjacent to an activating group) is 1. The molecule has 0 spiro atoms. The number of rotatable bonds is 3. The molecule has 0 aliphatic heterocycles. The summed E-state index contributed by atoms with van der Waals surface area (Å²) in [6.45, 7) is 1.80. The van der Waals surface area contributed by atoms with Gasteiger partial charge in [0.15, 0.2) is 0 Å². The van der Waals surface area contributed by atoms with Crippen LogP contribution in [0.15, 0.2) is 4.42 Å². The molecule has 3 N–H and O–H groups in total. The van der Waals surface area contributed by atoms with E-state index in [0.717, 1.165) is 25.7 Å². The summed E-state index contributed by atoms with van der Waals surface area (Å²) >= 11 is 0. The summed E-state index contributed by atoms with van der Waals surface area (Å²) in [5.41, 5.74) is 5.67. The third-order valence-corrected chi connectivity index (χ3v) is 3.31. The molecule has 1 aromatic heterocycles. The van der Waals surface area contributed by atoms with E-state index in [9.17, 15) is 5.11 Å². The molecular weight excluding hydrogens is 220 g/mol. The van der Waals surface area contributed by atoms with Crippen LogP contribution in [0.2, 0.25) is 0 Å². The molecule has 3 unspecified atom stereocenters. The quantitative estimate of drug-likeness (QED) is 0.813. The normalized spacial score (nSPS) is 26.8. The van der Waals surface area contributed by atoms with E-state index in [0.29, 0.717) is 11.9 Å². The molecule has 0 radical (unpaired) electrons. The van der Waals surface area contributed by atoms with Crippen LogP contribution in [0.4, 0.5) is 6.01 Å². The average molecular weight is 240 g/mol. The fraction of sp³-hybridized carbons (Fsp3) is 0.818. The van der Waals surface area contributed by atoms with Crippen molar-refractivity contribution in [3.63, 3.8) is 0 Å². The second kappa shape index (κ2) is 5.01. The molecule has 2 rings (SSSR count). The molecule has 6 heteroatoms. The van der Waals surface area contributed by atoms with Crippen molar-refractivity contribution in [2.24, 2.45) is 5.73 Å². The summed E-state index contributed by atoms with van der Waals surface area (Å²) < 4.78 is 5.48. The van der Waals surface area contributed by atoms with Crippen molar-refractivity contribution < 1.29 is 9.52 Å². The van der Waals surface area contributed by atoms with Crippen molar-refractivity contribution in [3.05, 3.63) is 5.89 Å². The lowest BCUT2D eigenvalue weighted by atomic mass is 9.92. The summed E-state index contributed by atoms with van der Waals surface area (Å²) in [6, 6.07) is 0.231. The first-order valence-electron chi connectivity index (χ1n) is 6.09. The van der Waals surface area contributed by atoms with Crippen LogP contribution >= 0.6 is 0 Å². The van der Waals surface area contributed by atoms with Crippen molar-refractivity contribution in [1.82, 2.24) is 10.2 Å². The molecule has 6 nitrogen and oxygen atoms in total. The molecular formula is C11H20N4O2. The van der Waals surface area contributed by atoms with Crippen molar-refractivity contribution in [3.8, 4) is 0 Å². The third-order valence-electron chi connectivity index (χ3n) is 3.31. The van der Waals surface area contributed by atoms with E-state index in [2.05, 4.69) is 10.2 Å². The molecule has 0 aromatic carbocycles. The van der Waals surface area contributed by atoms with Crippen LogP contribution in [0.5, 0.6) is 0 Å². The van der Waals surface area contributed by atoms with Crippen molar-refractivity contribution >= 4 is 6.01 Å². The highest BCUT2D eigenvalue weighted by Crippen LogP contribution is 2.26. The monoisotopic (exact) mass is 240 g/mol. The van der Waals surface area contributed by atoms with Gasteiger partial charge in [-0.3, -0.25) is 0 Å². The van der Waals surface area contributed by atoms with Gasteiger partial charge >= 0.3 is 6.01 Å². The lowest BCUT2D eigenvalue weighted by molar-refractivity contribution is 0.104. The lowest BCUT2D eigenvalue weighted by Gasteiger charge is -2.33. The Kier molecular flexibility index (Phi) is 3.63. The van der Waals surface area contributed by atoms with Crippen LogP contribution in [0.3, 0.4) is 0 Å². The zero-order chi connectivity index (χ0) is 12.4. The minimum atomic E-state index is -0.320. The molecule has 0 amide bonds. The fourth-order valence-electron chi connectivity index (χ4n) is 2.24. The van der Waals surface area contributed by atoms with Gasteiger partial charge in [0.2, 0.25) is 5.89 Å². The number of hydrogen-bond donors (Lipinski definition) is 2. The van der Waals surface area contributed by atoms with E-state index < -0.39 is 0 Å². The largest absolute Gasteiger partial charge is 0.406 e. The van der Waals surface area contributed by atoms with Crippen molar-refractivity contribution in [2.45, 2.75) is 50.8 Å². The second-order valence-corrected chi connectivity index (χ2v) is 4.74. The Bertz CT molecular complexity index is 366. The second-order valence-electron chi connectivity index (χ2n) is 4.74. The van der Waals surface area contributed by atoms with Crippen molar-refractivity contribution in [1.29, 1.82) is 0 Å². The fourth-order valence-corrected chi connectivity index (χ4v) is 2.24. The Balaban J connectivity index is 2.09.